The Morgan fingerprint density at radius 1 is 1.28 bits per heavy atom. The number of benzene rings is 1. The van der Waals surface area contributed by atoms with Crippen LogP contribution in [0.25, 0.3) is 0 Å². The van der Waals surface area contributed by atoms with Crippen molar-refractivity contribution < 1.29 is 0 Å². The van der Waals surface area contributed by atoms with Crippen LogP contribution in [-0.2, 0) is 0 Å². The molecule has 1 unspecified atom stereocenters. The highest BCUT2D eigenvalue weighted by atomic mass is 79.9. The number of nitrogens with one attached hydrogen (secondary N) is 1. The molecule has 1 N–H and O–H groups in total. The zero-order valence-corrected chi connectivity index (χ0v) is 13.4. The van der Waals surface area contributed by atoms with Crippen molar-refractivity contribution in [2.24, 2.45) is 0 Å². The van der Waals surface area contributed by atoms with E-state index < -0.39 is 0 Å². The van der Waals surface area contributed by atoms with Gasteiger partial charge in [0.25, 0.3) is 0 Å². The average molecular weight is 334 g/mol. The van der Waals surface area contributed by atoms with E-state index in [9.17, 15) is 0 Å². The Bertz CT molecular complexity index is 365. The maximum absolute atomic E-state index is 3.65. The van der Waals surface area contributed by atoms with Crippen molar-refractivity contribution in [3.63, 3.8) is 0 Å². The molecule has 2 nitrogen and oxygen atoms in total. The summed E-state index contributed by atoms with van der Waals surface area (Å²) in [7, 11) is 2.07. The first-order chi connectivity index (χ1) is 8.22. The highest BCUT2D eigenvalue weighted by molar-refractivity contribution is 9.10. The van der Waals surface area contributed by atoms with Crippen LogP contribution in [0.5, 0.6) is 0 Å². The van der Waals surface area contributed by atoms with Gasteiger partial charge < -0.3 is 5.32 Å². The van der Waals surface area contributed by atoms with Gasteiger partial charge in [-0.15, -0.1) is 12.4 Å². The molecule has 0 radical (unpaired) electrons. The normalized spacial score (nSPS) is 19.3. The number of hydrogen-bond acceptors (Lipinski definition) is 2. The van der Waals surface area contributed by atoms with Crippen molar-refractivity contribution in [3.05, 3.63) is 34.3 Å². The average Bonchev–Trinajstić information content (AvgIpc) is 2.39. The van der Waals surface area contributed by atoms with Crippen molar-refractivity contribution in [2.45, 2.75) is 31.8 Å². The van der Waals surface area contributed by atoms with E-state index in [0.29, 0.717) is 12.1 Å². The topological polar surface area (TPSA) is 15.3 Å². The fraction of sp³-hybridized carbons (Fsp3) is 0.571. The molecule has 1 heterocycles. The molecule has 0 amide bonds. The molecule has 0 aromatic heterocycles. The third-order valence-electron chi connectivity index (χ3n) is 3.84. The third kappa shape index (κ3) is 3.70. The Morgan fingerprint density at radius 2 is 1.89 bits per heavy atom. The van der Waals surface area contributed by atoms with Crippen molar-refractivity contribution in [3.8, 4) is 0 Å². The van der Waals surface area contributed by atoms with Crippen LogP contribution in [-0.4, -0.2) is 31.1 Å². The van der Waals surface area contributed by atoms with E-state index in [1.807, 2.05) is 0 Å². The monoisotopic (exact) mass is 332 g/mol. The number of rotatable bonds is 3. The molecule has 1 atom stereocenters. The lowest BCUT2D eigenvalue weighted by atomic mass is 10.0. The molecule has 0 bridgehead atoms. The fourth-order valence-corrected chi connectivity index (χ4v) is 3.20. The predicted octanol–water partition coefficient (Wildman–Crippen LogP) is 3.62. The number of likely N-dealkylation sites (tertiary alicyclic amines) is 1. The van der Waals surface area contributed by atoms with Gasteiger partial charge in [-0.3, -0.25) is 4.90 Å². The maximum Gasteiger partial charge on any atom is 0.0331 e. The molecular weight excluding hydrogens is 312 g/mol. The third-order valence-corrected chi connectivity index (χ3v) is 4.56. The Hall–Kier alpha value is -0.0900. The van der Waals surface area contributed by atoms with Gasteiger partial charge in [0.1, 0.15) is 0 Å². The molecule has 1 aliphatic heterocycles. The second-order valence-electron chi connectivity index (χ2n) is 4.80. The van der Waals surface area contributed by atoms with Gasteiger partial charge in [-0.25, -0.2) is 0 Å². The summed E-state index contributed by atoms with van der Waals surface area (Å²) >= 11 is 3.65. The maximum atomic E-state index is 3.65. The fourth-order valence-electron chi connectivity index (χ4n) is 2.59. The highest BCUT2D eigenvalue weighted by Gasteiger charge is 2.23. The van der Waals surface area contributed by atoms with Crippen molar-refractivity contribution in [1.82, 2.24) is 10.2 Å². The Balaban J connectivity index is 0.00000162. The van der Waals surface area contributed by atoms with Gasteiger partial charge in [-0.2, -0.15) is 0 Å². The lowest BCUT2D eigenvalue weighted by molar-refractivity contribution is 0.155. The van der Waals surface area contributed by atoms with E-state index in [0.717, 1.165) is 0 Å². The van der Waals surface area contributed by atoms with Gasteiger partial charge in [0.2, 0.25) is 0 Å². The predicted molar refractivity (Wildman–Crippen MR) is 83.5 cm³/mol. The first-order valence-electron chi connectivity index (χ1n) is 6.38. The summed E-state index contributed by atoms with van der Waals surface area (Å²) < 4.78 is 1.23. The summed E-state index contributed by atoms with van der Waals surface area (Å²) in [6, 6.07) is 9.76. The molecule has 102 valence electrons. The summed E-state index contributed by atoms with van der Waals surface area (Å²) in [5.41, 5.74) is 1.40. The summed E-state index contributed by atoms with van der Waals surface area (Å²) in [6.45, 7) is 4.68. The lowest BCUT2D eigenvalue weighted by Crippen LogP contribution is -2.42. The second-order valence-corrected chi connectivity index (χ2v) is 5.65. The zero-order chi connectivity index (χ0) is 12.3. The van der Waals surface area contributed by atoms with E-state index in [2.05, 4.69) is 64.4 Å². The molecule has 0 spiro atoms. The standard InChI is InChI=1S/C14H21BrN2.ClH/c1-11(13-5-3-4-6-14(13)15)17-9-7-12(16-2)8-10-17;/h3-6,11-12,16H,7-10H2,1-2H3;1H. The smallest absolute Gasteiger partial charge is 0.0331 e. The molecule has 0 saturated carbocycles. The molecule has 2 rings (SSSR count). The van der Waals surface area contributed by atoms with E-state index in [1.165, 1.54) is 36.0 Å². The van der Waals surface area contributed by atoms with Gasteiger partial charge in [0.15, 0.2) is 0 Å². The lowest BCUT2D eigenvalue weighted by Gasteiger charge is -2.36. The van der Waals surface area contributed by atoms with E-state index in [-0.39, 0.29) is 12.4 Å². The minimum Gasteiger partial charge on any atom is -0.317 e. The Kier molecular flexibility index (Phi) is 6.64. The van der Waals surface area contributed by atoms with Gasteiger partial charge >= 0.3 is 0 Å². The molecule has 1 saturated heterocycles. The molecule has 1 fully saturated rings. The van der Waals surface area contributed by atoms with Gasteiger partial charge in [-0.05, 0) is 38.4 Å². The van der Waals surface area contributed by atoms with Crippen LogP contribution >= 0.6 is 28.3 Å². The molecule has 1 aliphatic rings. The second kappa shape index (κ2) is 7.49. The minimum atomic E-state index is 0. The molecule has 1 aromatic carbocycles. The first kappa shape index (κ1) is 16.0. The summed E-state index contributed by atoms with van der Waals surface area (Å²) in [5, 5.41) is 3.38. The van der Waals surface area contributed by atoms with Crippen LogP contribution in [0.1, 0.15) is 31.4 Å². The van der Waals surface area contributed by atoms with Crippen LogP contribution in [0.4, 0.5) is 0 Å². The Morgan fingerprint density at radius 3 is 2.44 bits per heavy atom. The van der Waals surface area contributed by atoms with Crippen LogP contribution in [0.2, 0.25) is 0 Å². The minimum absolute atomic E-state index is 0. The van der Waals surface area contributed by atoms with Crippen LogP contribution in [0, 0.1) is 0 Å². The molecule has 0 aliphatic carbocycles. The van der Waals surface area contributed by atoms with Crippen molar-refractivity contribution in [2.75, 3.05) is 20.1 Å². The van der Waals surface area contributed by atoms with Gasteiger partial charge in [0, 0.05) is 29.6 Å². The first-order valence-corrected chi connectivity index (χ1v) is 7.17. The largest absolute Gasteiger partial charge is 0.317 e. The quantitative estimate of drug-likeness (QED) is 0.909. The zero-order valence-electron chi connectivity index (χ0n) is 11.0. The van der Waals surface area contributed by atoms with E-state index >= 15 is 0 Å². The van der Waals surface area contributed by atoms with Crippen LogP contribution < -0.4 is 5.32 Å². The highest BCUT2D eigenvalue weighted by Crippen LogP contribution is 2.29. The molecule has 1 aromatic rings. The SMILES string of the molecule is CNC1CCN(C(C)c2ccccc2Br)CC1.Cl. The van der Waals surface area contributed by atoms with E-state index in [4.69, 9.17) is 0 Å². The van der Waals surface area contributed by atoms with Crippen LogP contribution in [0.15, 0.2) is 28.7 Å². The molecule has 18 heavy (non-hydrogen) atoms. The number of nitrogens with zero attached hydrogens (tertiary/aromatic N) is 1. The van der Waals surface area contributed by atoms with Crippen molar-refractivity contribution in [1.29, 1.82) is 0 Å². The van der Waals surface area contributed by atoms with Crippen molar-refractivity contribution >= 4 is 28.3 Å². The van der Waals surface area contributed by atoms with Gasteiger partial charge in [0.05, 0.1) is 0 Å². The number of piperidine rings is 1. The summed E-state index contributed by atoms with van der Waals surface area (Å²) in [4.78, 5) is 2.58. The molecule has 4 heteroatoms. The summed E-state index contributed by atoms with van der Waals surface area (Å²) in [6.07, 6.45) is 2.51. The van der Waals surface area contributed by atoms with Crippen LogP contribution in [0.3, 0.4) is 0 Å². The number of halogens is 2. The Labute approximate surface area is 125 Å². The molecular formula is C14H22BrClN2. The number of hydrogen-bond donors (Lipinski definition) is 1. The van der Waals surface area contributed by atoms with E-state index in [1.54, 1.807) is 0 Å². The summed E-state index contributed by atoms with van der Waals surface area (Å²) in [5.74, 6) is 0. The van der Waals surface area contributed by atoms with Gasteiger partial charge in [-0.1, -0.05) is 34.1 Å².